The van der Waals surface area contributed by atoms with E-state index in [1.54, 1.807) is 5.38 Å². The smallest absolute Gasteiger partial charge is 0.365 e. The molecule has 0 aliphatic heterocycles. The number of rotatable bonds is 7. The summed E-state index contributed by atoms with van der Waals surface area (Å²) in [6.45, 7) is -1.58. The lowest BCUT2D eigenvalue weighted by Crippen LogP contribution is -2.17. The molecule has 0 aromatic carbocycles. The van der Waals surface area contributed by atoms with Crippen LogP contribution < -0.4 is 5.73 Å². The summed E-state index contributed by atoms with van der Waals surface area (Å²) >= 11 is 1.13. The summed E-state index contributed by atoms with van der Waals surface area (Å²) in [6, 6.07) is -0.558. The van der Waals surface area contributed by atoms with Gasteiger partial charge in [0.2, 0.25) is 0 Å². The first-order valence-electron chi connectivity index (χ1n) is 5.59. The lowest BCUT2D eigenvalue weighted by atomic mass is 10.2. The first-order valence-corrected chi connectivity index (χ1v) is 8.53. The van der Waals surface area contributed by atoms with Crippen LogP contribution in [-0.2, 0) is 21.2 Å². The highest BCUT2D eigenvalue weighted by Gasteiger charge is 2.27. The van der Waals surface area contributed by atoms with Crippen molar-refractivity contribution in [3.05, 3.63) is 16.1 Å². The van der Waals surface area contributed by atoms with E-state index in [0.717, 1.165) is 17.6 Å². The van der Waals surface area contributed by atoms with Crippen molar-refractivity contribution in [2.75, 3.05) is 18.6 Å². The van der Waals surface area contributed by atoms with Crippen molar-refractivity contribution in [2.45, 2.75) is 25.2 Å². The van der Waals surface area contributed by atoms with Gasteiger partial charge in [-0.05, 0) is 6.42 Å². The topological polar surface area (TPSA) is 82.3 Å². The van der Waals surface area contributed by atoms with Crippen molar-refractivity contribution in [1.82, 2.24) is 4.98 Å². The van der Waals surface area contributed by atoms with E-state index in [0.29, 0.717) is 10.7 Å². The summed E-state index contributed by atoms with van der Waals surface area (Å²) in [6.07, 6.45) is -3.05. The Kier molecular flexibility index (Phi) is 5.92. The van der Waals surface area contributed by atoms with Crippen LogP contribution in [0.5, 0.6) is 0 Å². The molecule has 1 aromatic heterocycles. The zero-order chi connectivity index (χ0) is 15.4. The van der Waals surface area contributed by atoms with Crippen LogP contribution in [0.25, 0.3) is 0 Å². The summed E-state index contributed by atoms with van der Waals surface area (Å²) in [5.74, 6) is -0.0639. The van der Waals surface area contributed by atoms with Gasteiger partial charge < -0.3 is 10.5 Å². The van der Waals surface area contributed by atoms with Crippen molar-refractivity contribution in [1.29, 1.82) is 0 Å². The van der Waals surface area contributed by atoms with E-state index in [4.69, 9.17) is 5.73 Å². The van der Waals surface area contributed by atoms with Gasteiger partial charge in [-0.25, -0.2) is 13.4 Å². The van der Waals surface area contributed by atoms with E-state index < -0.39 is 28.7 Å². The predicted octanol–water partition coefficient (Wildman–Crippen LogP) is 1.66. The number of nitrogens with two attached hydrogens (primary N) is 1. The third kappa shape index (κ3) is 7.17. The van der Waals surface area contributed by atoms with Gasteiger partial charge in [0.25, 0.3) is 0 Å². The van der Waals surface area contributed by atoms with E-state index in [2.05, 4.69) is 9.72 Å². The molecule has 116 valence electrons. The van der Waals surface area contributed by atoms with Crippen LogP contribution in [0, 0.1) is 0 Å². The lowest BCUT2D eigenvalue weighted by molar-refractivity contribution is -0.176. The van der Waals surface area contributed by atoms with E-state index >= 15 is 0 Å². The van der Waals surface area contributed by atoms with Crippen molar-refractivity contribution in [3.63, 3.8) is 0 Å². The molecule has 2 N–H and O–H groups in total. The SMILES string of the molecule is CS(=O)(=O)CCC(N)c1csc(COCC(F)(F)F)n1. The number of alkyl halides is 3. The molecule has 1 heterocycles. The van der Waals surface area contributed by atoms with Crippen LogP contribution in [0.4, 0.5) is 13.2 Å². The molecule has 1 aromatic rings. The zero-order valence-corrected chi connectivity index (χ0v) is 12.3. The Balaban J connectivity index is 2.46. The standard InChI is InChI=1S/C10H15F3N2O3S2/c1-20(16,17)3-2-7(14)8-5-19-9(15-8)4-18-6-10(11,12)13/h5,7H,2-4,6,14H2,1H3. The minimum absolute atomic E-state index is 0.0639. The van der Waals surface area contributed by atoms with Gasteiger partial charge in [0.05, 0.1) is 18.1 Å². The van der Waals surface area contributed by atoms with Crippen LogP contribution in [0.1, 0.15) is 23.2 Å². The van der Waals surface area contributed by atoms with E-state index in [9.17, 15) is 21.6 Å². The van der Waals surface area contributed by atoms with Crippen molar-refractivity contribution >= 4 is 21.2 Å². The summed E-state index contributed by atoms with van der Waals surface area (Å²) < 4.78 is 62.1. The number of nitrogens with zero attached hydrogens (tertiary/aromatic N) is 1. The average molecular weight is 332 g/mol. The van der Waals surface area contributed by atoms with Gasteiger partial charge in [0, 0.05) is 17.7 Å². The molecular formula is C10H15F3N2O3S2. The molecule has 0 bridgehead atoms. The predicted molar refractivity (Wildman–Crippen MR) is 69.1 cm³/mol. The van der Waals surface area contributed by atoms with Gasteiger partial charge >= 0.3 is 6.18 Å². The Morgan fingerprint density at radius 2 is 2.15 bits per heavy atom. The molecule has 0 saturated carbocycles. The summed E-state index contributed by atoms with van der Waals surface area (Å²) in [5.41, 5.74) is 6.23. The fraction of sp³-hybridized carbons (Fsp3) is 0.700. The monoisotopic (exact) mass is 332 g/mol. The summed E-state index contributed by atoms with van der Waals surface area (Å²) in [7, 11) is -3.10. The molecule has 0 saturated heterocycles. The molecule has 0 radical (unpaired) electrons. The van der Waals surface area contributed by atoms with Crippen LogP contribution >= 0.6 is 11.3 Å². The first kappa shape index (κ1) is 17.3. The minimum atomic E-state index is -4.37. The molecule has 5 nitrogen and oxygen atoms in total. The third-order valence-electron chi connectivity index (χ3n) is 2.24. The molecule has 1 unspecified atom stereocenters. The van der Waals surface area contributed by atoms with Crippen LogP contribution in [0.3, 0.4) is 0 Å². The maximum atomic E-state index is 11.9. The molecule has 0 aliphatic carbocycles. The van der Waals surface area contributed by atoms with Crippen LogP contribution in [-0.4, -0.2) is 38.2 Å². The van der Waals surface area contributed by atoms with Gasteiger partial charge in [-0.3, -0.25) is 0 Å². The maximum absolute atomic E-state index is 11.9. The van der Waals surface area contributed by atoms with Crippen molar-refractivity contribution in [3.8, 4) is 0 Å². The van der Waals surface area contributed by atoms with E-state index in [1.165, 1.54) is 0 Å². The fourth-order valence-electron chi connectivity index (χ4n) is 1.30. The fourth-order valence-corrected chi connectivity index (χ4v) is 2.78. The van der Waals surface area contributed by atoms with E-state index in [-0.39, 0.29) is 18.8 Å². The highest BCUT2D eigenvalue weighted by atomic mass is 32.2. The van der Waals surface area contributed by atoms with Gasteiger partial charge in [-0.1, -0.05) is 0 Å². The molecule has 0 fully saturated rings. The number of hydrogen-bond donors (Lipinski definition) is 1. The largest absolute Gasteiger partial charge is 0.411 e. The number of aromatic nitrogens is 1. The van der Waals surface area contributed by atoms with Crippen molar-refractivity contribution in [2.24, 2.45) is 5.73 Å². The second kappa shape index (κ2) is 6.83. The van der Waals surface area contributed by atoms with Gasteiger partial charge in [0.1, 0.15) is 21.5 Å². The number of halogens is 3. The number of thiazole rings is 1. The molecule has 0 aliphatic rings. The average Bonchev–Trinajstić information content (AvgIpc) is 2.72. The second-order valence-corrected chi connectivity index (χ2v) is 7.50. The van der Waals surface area contributed by atoms with E-state index in [1.807, 2.05) is 0 Å². The van der Waals surface area contributed by atoms with Gasteiger partial charge in [0.15, 0.2) is 0 Å². The summed E-state index contributed by atoms with van der Waals surface area (Å²) in [4.78, 5) is 4.04. The maximum Gasteiger partial charge on any atom is 0.411 e. The molecule has 0 spiro atoms. The minimum Gasteiger partial charge on any atom is -0.365 e. The highest BCUT2D eigenvalue weighted by molar-refractivity contribution is 7.90. The Morgan fingerprint density at radius 1 is 1.50 bits per heavy atom. The normalized spacial score (nSPS) is 14.4. The van der Waals surface area contributed by atoms with Crippen molar-refractivity contribution < 1.29 is 26.3 Å². The highest BCUT2D eigenvalue weighted by Crippen LogP contribution is 2.20. The molecular weight excluding hydrogens is 317 g/mol. The molecule has 10 heteroatoms. The zero-order valence-electron chi connectivity index (χ0n) is 10.7. The third-order valence-corrected chi connectivity index (χ3v) is 4.06. The molecule has 20 heavy (non-hydrogen) atoms. The first-order chi connectivity index (χ1) is 9.07. The molecule has 1 rings (SSSR count). The van der Waals surface area contributed by atoms with Crippen LogP contribution in [0.2, 0.25) is 0 Å². The van der Waals surface area contributed by atoms with Crippen LogP contribution in [0.15, 0.2) is 5.38 Å². The van der Waals surface area contributed by atoms with Gasteiger partial charge in [-0.15, -0.1) is 11.3 Å². The number of hydrogen-bond acceptors (Lipinski definition) is 6. The Hall–Kier alpha value is -0.710. The second-order valence-electron chi connectivity index (χ2n) is 4.30. The Morgan fingerprint density at radius 3 is 2.70 bits per heavy atom. The quantitative estimate of drug-likeness (QED) is 0.821. The lowest BCUT2D eigenvalue weighted by Gasteiger charge is -2.07. The number of sulfone groups is 1. The molecule has 0 amide bonds. The Bertz CT molecular complexity index is 528. The summed E-state index contributed by atoms with van der Waals surface area (Å²) in [5, 5.41) is 1.97. The van der Waals surface area contributed by atoms with Gasteiger partial charge in [-0.2, -0.15) is 13.2 Å². The number of ether oxygens (including phenoxy) is 1. The molecule has 1 atom stereocenters. The Labute approximate surface area is 118 Å².